The van der Waals surface area contributed by atoms with Crippen molar-refractivity contribution in [2.45, 2.75) is 6.54 Å². The molecule has 0 aromatic carbocycles. The molecule has 5 nitrogen and oxygen atoms in total. The summed E-state index contributed by atoms with van der Waals surface area (Å²) in [4.78, 5) is 24.5. The van der Waals surface area contributed by atoms with Crippen molar-refractivity contribution < 1.29 is 4.79 Å². The number of pyridine rings is 1. The Kier molecular flexibility index (Phi) is 1.21. The molecule has 1 amide bonds. The number of carbonyl (C=O) groups is 1. The number of hydrogen-bond donors (Lipinski definition) is 3. The van der Waals surface area contributed by atoms with Crippen molar-refractivity contribution in [3.8, 4) is 0 Å². The Morgan fingerprint density at radius 3 is 2.92 bits per heavy atom. The lowest BCUT2D eigenvalue weighted by atomic mass is 10.1. The van der Waals surface area contributed by atoms with Crippen molar-refractivity contribution in [2.24, 2.45) is 0 Å². The fraction of sp³-hybridized carbons (Fsp3) is 0.143. The van der Waals surface area contributed by atoms with Crippen LogP contribution in [0.2, 0.25) is 0 Å². The Hall–Kier alpha value is -1.78. The van der Waals surface area contributed by atoms with E-state index in [1.54, 1.807) is 0 Å². The van der Waals surface area contributed by atoms with Gasteiger partial charge in [-0.1, -0.05) is 0 Å². The van der Waals surface area contributed by atoms with Gasteiger partial charge in [0.2, 0.25) is 0 Å². The van der Waals surface area contributed by atoms with Crippen LogP contribution < -0.4 is 16.6 Å². The molecule has 62 valence electrons. The molecule has 1 aromatic rings. The third-order valence-electron chi connectivity index (χ3n) is 1.88. The first-order valence-corrected chi connectivity index (χ1v) is 3.48. The van der Waals surface area contributed by atoms with Gasteiger partial charge in [0, 0.05) is 18.3 Å². The molecule has 0 unspecified atom stereocenters. The van der Waals surface area contributed by atoms with Crippen LogP contribution in [-0.4, -0.2) is 10.9 Å². The third kappa shape index (κ3) is 0.730. The number of amides is 1. The minimum atomic E-state index is -0.411. The van der Waals surface area contributed by atoms with Crippen molar-refractivity contribution in [3.63, 3.8) is 0 Å². The normalized spacial score (nSPS) is 14.2. The van der Waals surface area contributed by atoms with Crippen LogP contribution in [0, 0.1) is 0 Å². The van der Waals surface area contributed by atoms with Gasteiger partial charge in [-0.05, 0) is 0 Å². The van der Waals surface area contributed by atoms with E-state index in [0.29, 0.717) is 12.1 Å². The molecule has 0 aliphatic carbocycles. The number of rotatable bonds is 0. The highest BCUT2D eigenvalue weighted by atomic mass is 16.2. The zero-order valence-electron chi connectivity index (χ0n) is 6.18. The van der Waals surface area contributed by atoms with Crippen LogP contribution in [0.5, 0.6) is 0 Å². The number of carbonyl (C=O) groups excluding carboxylic acids is 1. The smallest absolute Gasteiger partial charge is 0.271 e. The lowest BCUT2D eigenvalue weighted by Gasteiger charge is -1.97. The molecule has 2 rings (SSSR count). The summed E-state index contributed by atoms with van der Waals surface area (Å²) in [7, 11) is 0. The molecule has 2 heterocycles. The number of aromatic amines is 1. The average Bonchev–Trinajstić information content (AvgIpc) is 2.41. The summed E-state index contributed by atoms with van der Waals surface area (Å²) >= 11 is 0. The highest BCUT2D eigenvalue weighted by molar-refractivity contribution is 6.02. The lowest BCUT2D eigenvalue weighted by molar-refractivity contribution is 0.0966. The van der Waals surface area contributed by atoms with E-state index in [1.807, 2.05) is 0 Å². The van der Waals surface area contributed by atoms with Crippen LogP contribution >= 0.6 is 0 Å². The summed E-state index contributed by atoms with van der Waals surface area (Å²) in [5.74, 6) is -0.270. The van der Waals surface area contributed by atoms with E-state index in [-0.39, 0.29) is 11.6 Å². The van der Waals surface area contributed by atoms with E-state index in [2.05, 4.69) is 10.3 Å². The number of nitrogens with two attached hydrogens (primary N) is 1. The lowest BCUT2D eigenvalue weighted by Crippen LogP contribution is -2.18. The SMILES string of the molecule is Nc1c2c(c[nH]c1=O)CNC2=O. The molecule has 0 bridgehead atoms. The monoisotopic (exact) mass is 165 g/mol. The summed E-state index contributed by atoms with van der Waals surface area (Å²) in [5, 5.41) is 2.58. The summed E-state index contributed by atoms with van der Waals surface area (Å²) in [6.45, 7) is 0.440. The van der Waals surface area contributed by atoms with Gasteiger partial charge in [-0.2, -0.15) is 0 Å². The molecule has 1 aromatic heterocycles. The van der Waals surface area contributed by atoms with Gasteiger partial charge in [0.05, 0.1) is 5.56 Å². The van der Waals surface area contributed by atoms with Crippen LogP contribution in [0.1, 0.15) is 15.9 Å². The molecule has 5 heteroatoms. The second kappa shape index (κ2) is 2.10. The van der Waals surface area contributed by atoms with E-state index in [4.69, 9.17) is 5.73 Å². The second-order valence-electron chi connectivity index (χ2n) is 2.61. The highest BCUT2D eigenvalue weighted by Gasteiger charge is 2.22. The van der Waals surface area contributed by atoms with E-state index in [0.717, 1.165) is 5.56 Å². The molecule has 0 spiro atoms. The van der Waals surface area contributed by atoms with Crippen molar-refractivity contribution in [3.05, 3.63) is 27.7 Å². The topological polar surface area (TPSA) is 88.0 Å². The Morgan fingerprint density at radius 2 is 2.17 bits per heavy atom. The number of nitrogen functional groups attached to an aromatic ring is 1. The van der Waals surface area contributed by atoms with Crippen molar-refractivity contribution in [1.82, 2.24) is 10.3 Å². The quantitative estimate of drug-likeness (QED) is 0.470. The van der Waals surface area contributed by atoms with Crippen LogP contribution in [0.15, 0.2) is 11.0 Å². The molecule has 0 saturated carbocycles. The molecular weight excluding hydrogens is 158 g/mol. The van der Waals surface area contributed by atoms with E-state index < -0.39 is 5.56 Å². The van der Waals surface area contributed by atoms with Crippen LogP contribution in [0.25, 0.3) is 0 Å². The first kappa shape index (κ1) is 6.90. The number of fused-ring (bicyclic) bond motifs is 1. The zero-order valence-corrected chi connectivity index (χ0v) is 6.18. The first-order chi connectivity index (χ1) is 5.70. The molecule has 12 heavy (non-hydrogen) atoms. The van der Waals surface area contributed by atoms with Crippen molar-refractivity contribution in [2.75, 3.05) is 5.73 Å². The first-order valence-electron chi connectivity index (χ1n) is 3.48. The molecular formula is C7H7N3O2. The zero-order chi connectivity index (χ0) is 8.72. The Balaban J connectivity index is 2.79. The number of hydrogen-bond acceptors (Lipinski definition) is 3. The number of anilines is 1. The fourth-order valence-corrected chi connectivity index (χ4v) is 1.26. The number of H-pyrrole nitrogens is 1. The number of nitrogens with one attached hydrogen (secondary N) is 2. The van der Waals surface area contributed by atoms with Gasteiger partial charge >= 0.3 is 0 Å². The maximum absolute atomic E-state index is 11.1. The van der Waals surface area contributed by atoms with Gasteiger partial charge in [-0.3, -0.25) is 9.59 Å². The van der Waals surface area contributed by atoms with Gasteiger partial charge in [-0.15, -0.1) is 0 Å². The van der Waals surface area contributed by atoms with Gasteiger partial charge in [0.15, 0.2) is 0 Å². The summed E-state index contributed by atoms with van der Waals surface area (Å²) in [5.41, 5.74) is 6.08. The number of aromatic nitrogens is 1. The van der Waals surface area contributed by atoms with Gasteiger partial charge in [0.25, 0.3) is 11.5 Å². The van der Waals surface area contributed by atoms with Crippen molar-refractivity contribution >= 4 is 11.6 Å². The summed E-state index contributed by atoms with van der Waals surface area (Å²) in [6, 6.07) is 0. The van der Waals surface area contributed by atoms with Crippen LogP contribution in [0.4, 0.5) is 5.69 Å². The summed E-state index contributed by atoms with van der Waals surface area (Å²) < 4.78 is 0. The molecule has 1 aliphatic heterocycles. The van der Waals surface area contributed by atoms with E-state index >= 15 is 0 Å². The standard InChI is InChI=1S/C7H7N3O2/c8-5-4-3(1-9-6(4)11)2-10-7(5)12/h2H,1,8H2,(H,9,11)(H,10,12). The Bertz CT molecular complexity index is 408. The fourth-order valence-electron chi connectivity index (χ4n) is 1.26. The Morgan fingerprint density at radius 1 is 1.42 bits per heavy atom. The highest BCUT2D eigenvalue weighted by Crippen LogP contribution is 2.16. The predicted molar refractivity (Wildman–Crippen MR) is 42.6 cm³/mol. The molecule has 0 atom stereocenters. The summed E-state index contributed by atoms with van der Waals surface area (Å²) in [6.07, 6.45) is 1.51. The molecule has 0 fully saturated rings. The second-order valence-corrected chi connectivity index (χ2v) is 2.61. The largest absolute Gasteiger partial charge is 0.394 e. The van der Waals surface area contributed by atoms with E-state index in [1.165, 1.54) is 6.20 Å². The third-order valence-corrected chi connectivity index (χ3v) is 1.88. The predicted octanol–water partition coefficient (Wildman–Crippen LogP) is -0.799. The van der Waals surface area contributed by atoms with Crippen molar-refractivity contribution in [1.29, 1.82) is 0 Å². The van der Waals surface area contributed by atoms with Crippen LogP contribution in [-0.2, 0) is 6.54 Å². The molecule has 0 radical (unpaired) electrons. The Labute approximate surface area is 67.6 Å². The van der Waals surface area contributed by atoms with Gasteiger partial charge in [0.1, 0.15) is 5.69 Å². The minimum absolute atomic E-state index is 0.00231. The van der Waals surface area contributed by atoms with E-state index in [9.17, 15) is 9.59 Å². The molecule has 0 saturated heterocycles. The van der Waals surface area contributed by atoms with Gasteiger partial charge < -0.3 is 16.0 Å². The minimum Gasteiger partial charge on any atom is -0.394 e. The maximum Gasteiger partial charge on any atom is 0.271 e. The molecule has 4 N–H and O–H groups in total. The molecule has 1 aliphatic rings. The van der Waals surface area contributed by atoms with Crippen LogP contribution in [0.3, 0.4) is 0 Å². The average molecular weight is 165 g/mol. The van der Waals surface area contributed by atoms with Gasteiger partial charge in [-0.25, -0.2) is 0 Å². The maximum atomic E-state index is 11.1.